The van der Waals surface area contributed by atoms with Gasteiger partial charge in [0.1, 0.15) is 11.5 Å². The highest BCUT2D eigenvalue weighted by Gasteiger charge is 2.14. The van der Waals surface area contributed by atoms with Crippen molar-refractivity contribution in [2.45, 2.75) is 20.3 Å². The molecular weight excluding hydrogens is 218 g/mol. The summed E-state index contributed by atoms with van der Waals surface area (Å²) in [4.78, 5) is 19.8. The van der Waals surface area contributed by atoms with Gasteiger partial charge in [0.05, 0.1) is 6.42 Å². The third-order valence-corrected chi connectivity index (χ3v) is 2.33. The van der Waals surface area contributed by atoms with Crippen molar-refractivity contribution in [2.75, 3.05) is 0 Å². The Labute approximate surface area is 98.9 Å². The van der Waals surface area contributed by atoms with Crippen LogP contribution >= 0.6 is 0 Å². The molecule has 2 aromatic rings. The molecule has 0 amide bonds. The van der Waals surface area contributed by atoms with E-state index in [4.69, 9.17) is 4.52 Å². The number of pyridine rings is 1. The van der Waals surface area contributed by atoms with Crippen LogP contribution in [-0.4, -0.2) is 20.9 Å². The summed E-state index contributed by atoms with van der Waals surface area (Å²) in [5, 5.41) is 3.80. The zero-order chi connectivity index (χ0) is 12.3. The number of carbonyl (C=O) groups excluding carboxylic acids is 1. The zero-order valence-electron chi connectivity index (χ0n) is 9.75. The Kier molecular flexibility index (Phi) is 3.27. The minimum atomic E-state index is -0.0276. The van der Waals surface area contributed by atoms with Crippen LogP contribution in [0.4, 0.5) is 0 Å². The molecule has 0 aliphatic rings. The average molecular weight is 231 g/mol. The molecule has 17 heavy (non-hydrogen) atoms. The van der Waals surface area contributed by atoms with Crippen LogP contribution in [0.15, 0.2) is 28.9 Å². The maximum Gasteiger partial charge on any atom is 0.234 e. The van der Waals surface area contributed by atoms with Gasteiger partial charge in [0.2, 0.25) is 11.7 Å². The van der Waals surface area contributed by atoms with Gasteiger partial charge in [-0.3, -0.25) is 9.78 Å². The fraction of sp³-hybridized carbons (Fsp3) is 0.333. The van der Waals surface area contributed by atoms with Gasteiger partial charge in [0, 0.05) is 12.1 Å². The second-order valence-corrected chi connectivity index (χ2v) is 4.02. The number of nitrogens with zero attached hydrogens (tertiary/aromatic N) is 3. The van der Waals surface area contributed by atoms with Crippen LogP contribution in [0.3, 0.4) is 0 Å². The first kappa shape index (κ1) is 11.4. The van der Waals surface area contributed by atoms with Gasteiger partial charge in [-0.05, 0) is 12.1 Å². The van der Waals surface area contributed by atoms with Crippen LogP contribution in [-0.2, 0) is 11.2 Å². The SMILES string of the molecule is CC(C)C(=O)Cc1nc(-c2ccccn2)no1. The Balaban J connectivity index is 2.14. The molecular formula is C12H13N3O2. The summed E-state index contributed by atoms with van der Waals surface area (Å²) in [7, 11) is 0. The van der Waals surface area contributed by atoms with Crippen LogP contribution in [0.2, 0.25) is 0 Å². The maximum absolute atomic E-state index is 11.5. The molecule has 0 aromatic carbocycles. The lowest BCUT2D eigenvalue weighted by molar-refractivity contribution is -0.121. The predicted octanol–water partition coefficient (Wildman–Crippen LogP) is 1.90. The summed E-state index contributed by atoms with van der Waals surface area (Å²) in [5.41, 5.74) is 0.638. The summed E-state index contributed by atoms with van der Waals surface area (Å²) >= 11 is 0. The van der Waals surface area contributed by atoms with E-state index < -0.39 is 0 Å². The van der Waals surface area contributed by atoms with E-state index in [1.54, 1.807) is 12.3 Å². The third-order valence-electron chi connectivity index (χ3n) is 2.33. The third kappa shape index (κ3) is 2.75. The van der Waals surface area contributed by atoms with Gasteiger partial charge in [0.25, 0.3) is 0 Å². The Morgan fingerprint density at radius 1 is 1.41 bits per heavy atom. The van der Waals surface area contributed by atoms with E-state index in [0.29, 0.717) is 17.4 Å². The molecule has 0 unspecified atom stereocenters. The van der Waals surface area contributed by atoms with Crippen LogP contribution in [0.25, 0.3) is 11.5 Å². The van der Waals surface area contributed by atoms with Gasteiger partial charge in [-0.2, -0.15) is 4.98 Å². The number of hydrogen-bond donors (Lipinski definition) is 0. The minimum Gasteiger partial charge on any atom is -0.338 e. The fourth-order valence-electron chi connectivity index (χ4n) is 1.28. The molecule has 0 bridgehead atoms. The van der Waals surface area contributed by atoms with E-state index in [-0.39, 0.29) is 18.1 Å². The van der Waals surface area contributed by atoms with Crippen molar-refractivity contribution >= 4 is 5.78 Å². The van der Waals surface area contributed by atoms with Gasteiger partial charge in [-0.1, -0.05) is 25.1 Å². The summed E-state index contributed by atoms with van der Waals surface area (Å²) < 4.78 is 5.02. The standard InChI is InChI=1S/C12H13N3O2/c1-8(2)10(16)7-11-14-12(15-17-11)9-5-3-4-6-13-9/h3-6,8H,7H2,1-2H3. The molecule has 0 saturated carbocycles. The monoisotopic (exact) mass is 231 g/mol. The molecule has 5 nitrogen and oxygen atoms in total. The lowest BCUT2D eigenvalue weighted by Gasteiger charge is -1.98. The first-order valence-corrected chi connectivity index (χ1v) is 5.43. The van der Waals surface area contributed by atoms with Crippen molar-refractivity contribution < 1.29 is 9.32 Å². The maximum atomic E-state index is 11.5. The zero-order valence-corrected chi connectivity index (χ0v) is 9.75. The molecule has 2 heterocycles. The molecule has 0 radical (unpaired) electrons. The van der Waals surface area contributed by atoms with Gasteiger partial charge in [0.15, 0.2) is 0 Å². The molecule has 0 saturated heterocycles. The molecule has 2 rings (SSSR count). The highest BCUT2D eigenvalue weighted by molar-refractivity contribution is 5.81. The number of Topliss-reactive ketones (excluding diaryl/α,β-unsaturated/α-hetero) is 1. The van der Waals surface area contributed by atoms with Crippen molar-refractivity contribution in [1.82, 2.24) is 15.1 Å². The largest absolute Gasteiger partial charge is 0.338 e. The number of carbonyl (C=O) groups is 1. The summed E-state index contributed by atoms with van der Waals surface area (Å²) in [6.07, 6.45) is 1.84. The lowest BCUT2D eigenvalue weighted by atomic mass is 10.1. The lowest BCUT2D eigenvalue weighted by Crippen LogP contribution is -2.10. The number of aromatic nitrogens is 3. The molecule has 0 fully saturated rings. The molecule has 88 valence electrons. The van der Waals surface area contributed by atoms with Gasteiger partial charge >= 0.3 is 0 Å². The van der Waals surface area contributed by atoms with E-state index in [0.717, 1.165) is 0 Å². The summed E-state index contributed by atoms with van der Waals surface area (Å²) in [6, 6.07) is 5.45. The second-order valence-electron chi connectivity index (χ2n) is 4.02. The van der Waals surface area contributed by atoms with Crippen LogP contribution in [0.1, 0.15) is 19.7 Å². The quantitative estimate of drug-likeness (QED) is 0.803. The number of ketones is 1. The van der Waals surface area contributed by atoms with Gasteiger partial charge in [-0.25, -0.2) is 0 Å². The molecule has 0 N–H and O–H groups in total. The van der Waals surface area contributed by atoms with Crippen molar-refractivity contribution in [3.05, 3.63) is 30.3 Å². The Morgan fingerprint density at radius 2 is 2.24 bits per heavy atom. The van der Waals surface area contributed by atoms with Gasteiger partial charge < -0.3 is 4.52 Å². The molecule has 2 aromatic heterocycles. The number of rotatable bonds is 4. The van der Waals surface area contributed by atoms with Crippen LogP contribution < -0.4 is 0 Å². The molecule has 5 heteroatoms. The predicted molar refractivity (Wildman–Crippen MR) is 61.1 cm³/mol. The smallest absolute Gasteiger partial charge is 0.234 e. The van der Waals surface area contributed by atoms with Crippen molar-refractivity contribution in [2.24, 2.45) is 5.92 Å². The highest BCUT2D eigenvalue weighted by atomic mass is 16.5. The Bertz CT molecular complexity index is 505. The van der Waals surface area contributed by atoms with E-state index in [1.807, 2.05) is 26.0 Å². The topological polar surface area (TPSA) is 68.9 Å². The van der Waals surface area contributed by atoms with Crippen molar-refractivity contribution in [1.29, 1.82) is 0 Å². The van der Waals surface area contributed by atoms with Crippen LogP contribution in [0.5, 0.6) is 0 Å². The van der Waals surface area contributed by atoms with E-state index in [1.165, 1.54) is 0 Å². The molecule has 0 spiro atoms. The molecule has 0 aliphatic carbocycles. The van der Waals surface area contributed by atoms with Gasteiger partial charge in [-0.15, -0.1) is 0 Å². The first-order valence-electron chi connectivity index (χ1n) is 5.43. The fourth-order valence-corrected chi connectivity index (χ4v) is 1.28. The van der Waals surface area contributed by atoms with E-state index in [9.17, 15) is 4.79 Å². The first-order chi connectivity index (χ1) is 8.16. The average Bonchev–Trinajstić information content (AvgIpc) is 2.78. The van der Waals surface area contributed by atoms with Crippen molar-refractivity contribution in [3.8, 4) is 11.5 Å². The van der Waals surface area contributed by atoms with Crippen LogP contribution in [0, 0.1) is 5.92 Å². The molecule has 0 aliphatic heterocycles. The Morgan fingerprint density at radius 3 is 2.88 bits per heavy atom. The molecule has 0 atom stereocenters. The normalized spacial score (nSPS) is 10.8. The number of hydrogen-bond acceptors (Lipinski definition) is 5. The summed E-state index contributed by atoms with van der Waals surface area (Å²) in [5.74, 6) is 0.808. The second kappa shape index (κ2) is 4.86. The van der Waals surface area contributed by atoms with E-state index in [2.05, 4.69) is 15.1 Å². The summed E-state index contributed by atoms with van der Waals surface area (Å²) in [6.45, 7) is 3.69. The minimum absolute atomic E-state index is 0.0276. The van der Waals surface area contributed by atoms with Crippen molar-refractivity contribution in [3.63, 3.8) is 0 Å². The highest BCUT2D eigenvalue weighted by Crippen LogP contribution is 2.12. The van der Waals surface area contributed by atoms with E-state index >= 15 is 0 Å². The Hall–Kier alpha value is -2.04.